The summed E-state index contributed by atoms with van der Waals surface area (Å²) in [6, 6.07) is 4.85. The molecule has 31 heavy (non-hydrogen) atoms. The van der Waals surface area contributed by atoms with E-state index < -0.39 is 10.0 Å². The molecule has 11 heteroatoms. The van der Waals surface area contributed by atoms with E-state index in [0.717, 1.165) is 5.56 Å². The summed E-state index contributed by atoms with van der Waals surface area (Å²) in [4.78, 5) is 31.6. The number of carbonyl (C=O) groups is 1. The molecule has 0 N–H and O–H groups in total. The molecule has 1 amide bonds. The van der Waals surface area contributed by atoms with Crippen LogP contribution in [-0.2, 0) is 34.8 Å². The first kappa shape index (κ1) is 21.2. The van der Waals surface area contributed by atoms with Crippen molar-refractivity contribution in [2.45, 2.75) is 31.7 Å². The van der Waals surface area contributed by atoms with Gasteiger partial charge in [-0.15, -0.1) is 0 Å². The molecule has 0 spiro atoms. The Labute approximate surface area is 179 Å². The Bertz CT molecular complexity index is 1320. The highest BCUT2D eigenvalue weighted by Gasteiger charge is 2.28. The van der Waals surface area contributed by atoms with E-state index in [1.807, 2.05) is 0 Å². The van der Waals surface area contributed by atoms with Gasteiger partial charge in [0, 0.05) is 32.4 Å². The zero-order valence-electron chi connectivity index (χ0n) is 17.6. The molecular weight excluding hydrogens is 420 g/mol. The van der Waals surface area contributed by atoms with Gasteiger partial charge < -0.3 is 4.90 Å². The Kier molecular flexibility index (Phi) is 5.40. The molecule has 2 aromatic heterocycles. The topological polar surface area (TPSA) is 110 Å². The van der Waals surface area contributed by atoms with Gasteiger partial charge >= 0.3 is 0 Å². The zero-order valence-corrected chi connectivity index (χ0v) is 18.5. The third-order valence-corrected chi connectivity index (χ3v) is 7.66. The van der Waals surface area contributed by atoms with Gasteiger partial charge in [0.25, 0.3) is 5.56 Å². The molecule has 164 valence electrons. The van der Waals surface area contributed by atoms with Crippen LogP contribution >= 0.6 is 0 Å². The number of aryl methyl sites for hydroxylation is 1. The smallest absolute Gasteiger partial charge is 0.264 e. The highest BCUT2D eigenvalue weighted by atomic mass is 32.2. The highest BCUT2D eigenvalue weighted by Crippen LogP contribution is 2.31. The van der Waals surface area contributed by atoms with Crippen LogP contribution in [0.4, 0.5) is 5.69 Å². The molecule has 0 atom stereocenters. The van der Waals surface area contributed by atoms with E-state index in [-0.39, 0.29) is 22.9 Å². The minimum absolute atomic E-state index is 0.157. The number of aromatic nitrogens is 4. The number of rotatable bonds is 6. The van der Waals surface area contributed by atoms with E-state index in [9.17, 15) is 18.0 Å². The Hall–Kier alpha value is -3.05. The minimum atomic E-state index is -3.57. The number of carbonyl (C=O) groups excluding carboxylic acids is 1. The van der Waals surface area contributed by atoms with Crippen LogP contribution < -0.4 is 10.5 Å². The maximum Gasteiger partial charge on any atom is 0.264 e. The molecule has 0 aliphatic carbocycles. The summed E-state index contributed by atoms with van der Waals surface area (Å²) in [5, 5.41) is 4.38. The summed E-state index contributed by atoms with van der Waals surface area (Å²) in [5.41, 5.74) is 1.61. The van der Waals surface area contributed by atoms with Crippen molar-refractivity contribution in [1.29, 1.82) is 0 Å². The molecule has 0 unspecified atom stereocenters. The molecule has 0 saturated carbocycles. The molecule has 0 radical (unpaired) electrons. The van der Waals surface area contributed by atoms with Gasteiger partial charge in [-0.05, 0) is 30.2 Å². The van der Waals surface area contributed by atoms with Gasteiger partial charge in [0.1, 0.15) is 18.3 Å². The average Bonchev–Trinajstić information content (AvgIpc) is 3.34. The predicted octanol–water partition coefficient (Wildman–Crippen LogP) is 0.750. The number of fused-ring (bicyclic) bond motifs is 2. The monoisotopic (exact) mass is 444 g/mol. The lowest BCUT2D eigenvalue weighted by atomic mass is 10.2. The third kappa shape index (κ3) is 3.53. The number of nitrogens with zero attached hydrogens (tertiary/aromatic N) is 6. The maximum absolute atomic E-state index is 12.9. The van der Waals surface area contributed by atoms with E-state index in [1.165, 1.54) is 32.1 Å². The molecule has 3 aromatic rings. The molecule has 1 aromatic carbocycles. The van der Waals surface area contributed by atoms with Crippen LogP contribution in [0, 0.1) is 0 Å². The highest BCUT2D eigenvalue weighted by molar-refractivity contribution is 7.89. The van der Waals surface area contributed by atoms with Gasteiger partial charge in [-0.2, -0.15) is 9.40 Å². The largest absolute Gasteiger partial charge is 0.310 e. The molecule has 1 aliphatic rings. The summed E-state index contributed by atoms with van der Waals surface area (Å²) < 4.78 is 29.8. The Morgan fingerprint density at radius 1 is 1.23 bits per heavy atom. The maximum atomic E-state index is 12.9. The summed E-state index contributed by atoms with van der Waals surface area (Å²) >= 11 is 0. The van der Waals surface area contributed by atoms with Crippen molar-refractivity contribution in [2.24, 2.45) is 7.05 Å². The molecule has 0 bridgehead atoms. The predicted molar refractivity (Wildman–Crippen MR) is 115 cm³/mol. The second-order valence-corrected chi connectivity index (χ2v) is 9.30. The van der Waals surface area contributed by atoms with Crippen molar-refractivity contribution in [3.63, 3.8) is 0 Å². The van der Waals surface area contributed by atoms with Crippen molar-refractivity contribution in [3.8, 4) is 0 Å². The van der Waals surface area contributed by atoms with E-state index in [1.54, 1.807) is 37.9 Å². The molecule has 1 aliphatic heterocycles. The number of anilines is 1. The van der Waals surface area contributed by atoms with Crippen molar-refractivity contribution in [3.05, 3.63) is 46.6 Å². The number of hydrogen-bond donors (Lipinski definition) is 0. The van der Waals surface area contributed by atoms with Gasteiger partial charge in [-0.3, -0.25) is 18.8 Å². The summed E-state index contributed by atoms with van der Waals surface area (Å²) in [5.74, 6) is -0.259. The second-order valence-electron chi connectivity index (χ2n) is 7.36. The van der Waals surface area contributed by atoms with Crippen LogP contribution in [0.15, 0.2) is 40.4 Å². The van der Waals surface area contributed by atoms with Gasteiger partial charge in [-0.1, -0.05) is 13.8 Å². The summed E-state index contributed by atoms with van der Waals surface area (Å²) in [6.07, 6.45) is 3.34. The van der Waals surface area contributed by atoms with Crippen LogP contribution in [0.25, 0.3) is 11.0 Å². The molecule has 0 fully saturated rings. The Balaban J connectivity index is 1.59. The first-order chi connectivity index (χ1) is 14.8. The lowest BCUT2D eigenvalue weighted by molar-refractivity contribution is -0.119. The first-order valence-electron chi connectivity index (χ1n) is 10.1. The van der Waals surface area contributed by atoms with Crippen LogP contribution in [-0.4, -0.2) is 57.6 Å². The second kappa shape index (κ2) is 7.89. The van der Waals surface area contributed by atoms with Gasteiger partial charge in [0.2, 0.25) is 15.9 Å². The minimum Gasteiger partial charge on any atom is -0.310 e. The van der Waals surface area contributed by atoms with Crippen LogP contribution in [0.1, 0.15) is 19.4 Å². The fraction of sp³-hybridized carbons (Fsp3) is 0.400. The first-order valence-corrected chi connectivity index (χ1v) is 11.5. The van der Waals surface area contributed by atoms with E-state index in [2.05, 4.69) is 10.1 Å². The average molecular weight is 445 g/mol. The fourth-order valence-electron chi connectivity index (χ4n) is 3.92. The van der Waals surface area contributed by atoms with Crippen molar-refractivity contribution in [1.82, 2.24) is 23.6 Å². The fourth-order valence-corrected chi connectivity index (χ4v) is 5.43. The van der Waals surface area contributed by atoms with Crippen molar-refractivity contribution >= 4 is 32.7 Å². The normalized spacial score (nSPS) is 13.9. The Morgan fingerprint density at radius 2 is 1.97 bits per heavy atom. The zero-order chi connectivity index (χ0) is 22.3. The number of hydrogen-bond acceptors (Lipinski definition) is 6. The summed E-state index contributed by atoms with van der Waals surface area (Å²) in [7, 11) is -1.87. The molecule has 0 saturated heterocycles. The number of benzene rings is 1. The molecule has 4 rings (SSSR count). The van der Waals surface area contributed by atoms with Crippen molar-refractivity contribution in [2.75, 3.05) is 24.5 Å². The molecule has 3 heterocycles. The standard InChI is InChI=1S/C20H24N6O4S/c1-4-25(5-2)31(29,30)15-6-7-17-14(10-15)8-9-26(17)18(27)12-24-13-21-19-16(20(24)28)11-22-23(19)3/h6-7,10-11,13H,4-5,8-9,12H2,1-3H3. The SMILES string of the molecule is CCN(CC)S(=O)(=O)c1ccc2c(c1)CCN2C(=O)Cn1cnc2c(cnn2C)c1=O. The van der Waals surface area contributed by atoms with Crippen molar-refractivity contribution < 1.29 is 13.2 Å². The van der Waals surface area contributed by atoms with E-state index in [0.29, 0.717) is 42.8 Å². The quantitative estimate of drug-likeness (QED) is 0.555. The van der Waals surface area contributed by atoms with Gasteiger partial charge in [0.05, 0.1) is 11.1 Å². The number of sulfonamides is 1. The van der Waals surface area contributed by atoms with Gasteiger partial charge in [0.15, 0.2) is 5.65 Å². The summed E-state index contributed by atoms with van der Waals surface area (Å²) in [6.45, 7) is 4.66. The third-order valence-electron chi connectivity index (χ3n) is 5.61. The molecular formula is C20H24N6O4S. The molecule has 10 nitrogen and oxygen atoms in total. The Morgan fingerprint density at radius 3 is 2.68 bits per heavy atom. The van der Waals surface area contributed by atoms with Crippen LogP contribution in [0.2, 0.25) is 0 Å². The lowest BCUT2D eigenvalue weighted by Crippen LogP contribution is -2.35. The van der Waals surface area contributed by atoms with Crippen LogP contribution in [0.5, 0.6) is 0 Å². The van der Waals surface area contributed by atoms with E-state index >= 15 is 0 Å². The van der Waals surface area contributed by atoms with E-state index in [4.69, 9.17) is 0 Å². The van der Waals surface area contributed by atoms with Gasteiger partial charge in [-0.25, -0.2) is 13.4 Å². The lowest BCUT2D eigenvalue weighted by Gasteiger charge is -2.20. The van der Waals surface area contributed by atoms with Crippen LogP contribution in [0.3, 0.4) is 0 Å². The number of amides is 1.